The van der Waals surface area contributed by atoms with Gasteiger partial charge in [0.05, 0.1) is 6.54 Å². The molecule has 1 aliphatic heterocycles. The van der Waals surface area contributed by atoms with E-state index in [0.29, 0.717) is 5.92 Å². The van der Waals surface area contributed by atoms with Crippen molar-refractivity contribution in [2.75, 3.05) is 24.5 Å². The first-order valence-corrected chi connectivity index (χ1v) is 7.29. The zero-order valence-corrected chi connectivity index (χ0v) is 12.5. The van der Waals surface area contributed by atoms with Gasteiger partial charge in [-0.25, -0.2) is 8.78 Å². The van der Waals surface area contributed by atoms with Gasteiger partial charge in [-0.05, 0) is 49.4 Å². The number of alkyl halides is 2. The third-order valence-electron chi connectivity index (χ3n) is 4.08. The van der Waals surface area contributed by atoms with Crippen LogP contribution in [0.5, 0.6) is 0 Å². The standard InChI is InChI=1S/C16H24F2N2/c1-11-6-14(19-8-16(17)18)10-20(9-11)15-5-4-12(2)13(3)7-15/h4-5,7,11,14,16,19H,6,8-10H2,1-3H3. The van der Waals surface area contributed by atoms with Gasteiger partial charge in [0.1, 0.15) is 0 Å². The molecule has 1 saturated heterocycles. The van der Waals surface area contributed by atoms with Gasteiger partial charge in [-0.15, -0.1) is 0 Å². The van der Waals surface area contributed by atoms with Gasteiger partial charge < -0.3 is 10.2 Å². The Kier molecular flexibility index (Phi) is 4.97. The van der Waals surface area contributed by atoms with E-state index in [0.717, 1.165) is 19.5 Å². The van der Waals surface area contributed by atoms with E-state index in [4.69, 9.17) is 0 Å². The molecule has 2 nitrogen and oxygen atoms in total. The number of hydrogen-bond acceptors (Lipinski definition) is 2. The lowest BCUT2D eigenvalue weighted by Crippen LogP contribution is -2.49. The fraction of sp³-hybridized carbons (Fsp3) is 0.625. The largest absolute Gasteiger partial charge is 0.370 e. The molecule has 0 aliphatic carbocycles. The molecular weight excluding hydrogens is 258 g/mol. The second kappa shape index (κ2) is 6.53. The van der Waals surface area contributed by atoms with Gasteiger partial charge in [0, 0.05) is 24.8 Å². The van der Waals surface area contributed by atoms with Gasteiger partial charge in [0.2, 0.25) is 0 Å². The van der Waals surface area contributed by atoms with Crippen LogP contribution in [0.15, 0.2) is 18.2 Å². The van der Waals surface area contributed by atoms with E-state index in [9.17, 15) is 8.78 Å². The number of hydrogen-bond donors (Lipinski definition) is 1. The van der Waals surface area contributed by atoms with Crippen LogP contribution in [-0.4, -0.2) is 32.1 Å². The van der Waals surface area contributed by atoms with Gasteiger partial charge in [-0.2, -0.15) is 0 Å². The van der Waals surface area contributed by atoms with Gasteiger partial charge in [0.15, 0.2) is 0 Å². The second-order valence-corrected chi connectivity index (χ2v) is 6.01. The molecule has 2 atom stereocenters. The molecule has 0 saturated carbocycles. The summed E-state index contributed by atoms with van der Waals surface area (Å²) in [6.07, 6.45) is -1.31. The molecule has 20 heavy (non-hydrogen) atoms. The van der Waals surface area contributed by atoms with Crippen molar-refractivity contribution in [3.8, 4) is 0 Å². The molecule has 0 amide bonds. The van der Waals surface area contributed by atoms with Crippen LogP contribution >= 0.6 is 0 Å². The summed E-state index contributed by atoms with van der Waals surface area (Å²) in [4.78, 5) is 2.31. The lowest BCUT2D eigenvalue weighted by molar-refractivity contribution is 0.138. The zero-order chi connectivity index (χ0) is 14.7. The number of aryl methyl sites for hydroxylation is 2. The molecule has 2 unspecified atom stereocenters. The van der Waals surface area contributed by atoms with Crippen LogP contribution in [-0.2, 0) is 0 Å². The Morgan fingerprint density at radius 1 is 1.25 bits per heavy atom. The highest BCUT2D eigenvalue weighted by molar-refractivity contribution is 5.51. The van der Waals surface area contributed by atoms with Gasteiger partial charge >= 0.3 is 0 Å². The second-order valence-electron chi connectivity index (χ2n) is 6.01. The lowest BCUT2D eigenvalue weighted by atomic mass is 9.95. The Labute approximate surface area is 120 Å². The molecule has 0 radical (unpaired) electrons. The molecule has 0 spiro atoms. The molecule has 1 N–H and O–H groups in total. The van der Waals surface area contributed by atoms with Crippen LogP contribution in [0.3, 0.4) is 0 Å². The molecule has 0 bridgehead atoms. The molecule has 1 heterocycles. The number of piperidine rings is 1. The fourth-order valence-electron chi connectivity index (χ4n) is 2.89. The van der Waals surface area contributed by atoms with E-state index in [1.165, 1.54) is 16.8 Å². The maximum Gasteiger partial charge on any atom is 0.250 e. The normalized spacial score (nSPS) is 23.4. The summed E-state index contributed by atoms with van der Waals surface area (Å²) >= 11 is 0. The minimum atomic E-state index is -2.28. The quantitative estimate of drug-likeness (QED) is 0.911. The van der Waals surface area contributed by atoms with E-state index in [-0.39, 0.29) is 12.6 Å². The van der Waals surface area contributed by atoms with Crippen molar-refractivity contribution in [3.05, 3.63) is 29.3 Å². The molecule has 112 valence electrons. The van der Waals surface area contributed by atoms with E-state index in [2.05, 4.69) is 49.2 Å². The van der Waals surface area contributed by atoms with Crippen LogP contribution < -0.4 is 10.2 Å². The summed E-state index contributed by atoms with van der Waals surface area (Å²) in [7, 11) is 0. The van der Waals surface area contributed by atoms with Crippen molar-refractivity contribution in [1.82, 2.24) is 5.32 Å². The molecule has 2 rings (SSSR count). The maximum absolute atomic E-state index is 12.3. The number of halogens is 2. The summed E-state index contributed by atoms with van der Waals surface area (Å²) in [6, 6.07) is 6.60. The van der Waals surface area contributed by atoms with E-state index >= 15 is 0 Å². The Hall–Kier alpha value is -1.16. The third kappa shape index (κ3) is 3.92. The fourth-order valence-corrected chi connectivity index (χ4v) is 2.89. The van der Waals surface area contributed by atoms with Crippen molar-refractivity contribution >= 4 is 5.69 Å². The number of nitrogens with one attached hydrogen (secondary N) is 1. The molecular formula is C16H24F2N2. The Morgan fingerprint density at radius 3 is 2.65 bits per heavy atom. The van der Waals surface area contributed by atoms with Crippen LogP contribution in [0.25, 0.3) is 0 Å². The molecule has 1 aromatic carbocycles. The summed E-state index contributed by atoms with van der Waals surface area (Å²) in [5.41, 5.74) is 3.76. The van der Waals surface area contributed by atoms with Crippen LogP contribution in [0.2, 0.25) is 0 Å². The Morgan fingerprint density at radius 2 is 2.00 bits per heavy atom. The lowest BCUT2D eigenvalue weighted by Gasteiger charge is -2.38. The number of anilines is 1. The first kappa shape index (κ1) is 15.2. The van der Waals surface area contributed by atoms with Crippen molar-refractivity contribution in [2.45, 2.75) is 39.7 Å². The number of benzene rings is 1. The van der Waals surface area contributed by atoms with Gasteiger partial charge in [-0.3, -0.25) is 0 Å². The number of nitrogens with zero attached hydrogens (tertiary/aromatic N) is 1. The third-order valence-corrected chi connectivity index (χ3v) is 4.08. The first-order chi connectivity index (χ1) is 9.45. The van der Waals surface area contributed by atoms with E-state index in [1.54, 1.807) is 0 Å². The van der Waals surface area contributed by atoms with Gasteiger partial charge in [0.25, 0.3) is 6.43 Å². The van der Waals surface area contributed by atoms with Crippen LogP contribution in [0, 0.1) is 19.8 Å². The molecule has 0 aromatic heterocycles. The molecule has 1 fully saturated rings. The summed E-state index contributed by atoms with van der Waals surface area (Å²) in [6.45, 7) is 7.99. The molecule has 1 aromatic rings. The SMILES string of the molecule is Cc1ccc(N2CC(C)CC(NCC(F)F)C2)cc1C. The smallest absolute Gasteiger partial charge is 0.250 e. The highest BCUT2D eigenvalue weighted by Crippen LogP contribution is 2.25. The molecule has 1 aliphatic rings. The monoisotopic (exact) mass is 282 g/mol. The molecule has 4 heteroatoms. The van der Waals surface area contributed by atoms with Crippen LogP contribution in [0.1, 0.15) is 24.5 Å². The van der Waals surface area contributed by atoms with E-state index < -0.39 is 6.43 Å². The van der Waals surface area contributed by atoms with Crippen molar-refractivity contribution in [3.63, 3.8) is 0 Å². The summed E-state index contributed by atoms with van der Waals surface area (Å²) in [5.74, 6) is 0.514. The Bertz CT molecular complexity index is 448. The topological polar surface area (TPSA) is 15.3 Å². The zero-order valence-electron chi connectivity index (χ0n) is 12.5. The predicted octanol–water partition coefficient (Wildman–Crippen LogP) is 3.37. The average Bonchev–Trinajstić information content (AvgIpc) is 2.39. The average molecular weight is 282 g/mol. The minimum absolute atomic E-state index is 0.148. The summed E-state index contributed by atoms with van der Waals surface area (Å²) < 4.78 is 24.7. The maximum atomic E-state index is 12.3. The van der Waals surface area contributed by atoms with Crippen molar-refractivity contribution in [2.24, 2.45) is 5.92 Å². The van der Waals surface area contributed by atoms with Crippen LogP contribution in [0.4, 0.5) is 14.5 Å². The summed E-state index contributed by atoms with van der Waals surface area (Å²) in [5, 5.41) is 2.99. The van der Waals surface area contributed by atoms with Crippen molar-refractivity contribution < 1.29 is 8.78 Å². The Balaban J connectivity index is 2.05. The van der Waals surface area contributed by atoms with Gasteiger partial charge in [-0.1, -0.05) is 13.0 Å². The predicted molar refractivity (Wildman–Crippen MR) is 79.7 cm³/mol. The highest BCUT2D eigenvalue weighted by Gasteiger charge is 2.25. The highest BCUT2D eigenvalue weighted by atomic mass is 19.3. The first-order valence-electron chi connectivity index (χ1n) is 7.29. The van der Waals surface area contributed by atoms with Crippen molar-refractivity contribution in [1.29, 1.82) is 0 Å². The number of rotatable bonds is 4. The minimum Gasteiger partial charge on any atom is -0.370 e. The van der Waals surface area contributed by atoms with E-state index in [1.807, 2.05) is 0 Å².